The molecule has 0 amide bonds. The Balaban J connectivity index is 1.55. The van der Waals surface area contributed by atoms with Crippen LogP contribution >= 0.6 is 23.2 Å². The van der Waals surface area contributed by atoms with Crippen LogP contribution in [0, 0.1) is 5.82 Å². The maximum Gasteiger partial charge on any atom is 0.343 e. The van der Waals surface area contributed by atoms with Gasteiger partial charge in [0.15, 0.2) is 5.76 Å². The van der Waals surface area contributed by atoms with Crippen molar-refractivity contribution >= 4 is 41.0 Å². The minimum Gasteiger partial charge on any atom is -0.452 e. The van der Waals surface area contributed by atoms with Gasteiger partial charge in [-0.1, -0.05) is 29.3 Å². The fourth-order valence-corrected chi connectivity index (χ4v) is 3.04. The van der Waals surface area contributed by atoms with Crippen LogP contribution in [-0.2, 0) is 0 Å². The maximum absolute atomic E-state index is 13.0. The monoisotopic (exact) mass is 428 g/mol. The van der Waals surface area contributed by atoms with Gasteiger partial charge in [0, 0.05) is 6.07 Å². The summed E-state index contributed by atoms with van der Waals surface area (Å²) in [5, 5.41) is 0.766. The van der Waals surface area contributed by atoms with Crippen molar-refractivity contribution in [2.75, 3.05) is 0 Å². The van der Waals surface area contributed by atoms with Gasteiger partial charge in [0.2, 0.25) is 5.78 Å². The minimum absolute atomic E-state index is 0.111. The van der Waals surface area contributed by atoms with Gasteiger partial charge in [-0.2, -0.15) is 0 Å². The van der Waals surface area contributed by atoms with E-state index in [-0.39, 0.29) is 28.6 Å². The standard InChI is InChI=1S/C22H11Cl2FO4/c23-17-8-1-12(9-18(17)24)10-20-21(26)16-7-6-15(11-19(16)29-20)28-22(27)13-2-4-14(25)5-3-13/h1-11H. The van der Waals surface area contributed by atoms with Crippen molar-refractivity contribution in [3.8, 4) is 11.5 Å². The first-order valence-electron chi connectivity index (χ1n) is 8.42. The molecule has 0 aromatic heterocycles. The Bertz CT molecular complexity index is 1170. The summed E-state index contributed by atoms with van der Waals surface area (Å²) in [5.41, 5.74) is 1.19. The largest absolute Gasteiger partial charge is 0.452 e. The summed E-state index contributed by atoms with van der Waals surface area (Å²) in [4.78, 5) is 24.7. The molecule has 0 fully saturated rings. The van der Waals surface area contributed by atoms with E-state index in [1.165, 1.54) is 42.5 Å². The number of allylic oxidation sites excluding steroid dienone is 1. The lowest BCUT2D eigenvalue weighted by Gasteiger charge is -2.05. The second-order valence-electron chi connectivity index (χ2n) is 6.17. The smallest absolute Gasteiger partial charge is 0.343 e. The van der Waals surface area contributed by atoms with E-state index in [2.05, 4.69) is 0 Å². The molecule has 0 saturated heterocycles. The molecule has 0 atom stereocenters. The normalized spacial score (nSPS) is 13.9. The van der Waals surface area contributed by atoms with E-state index in [0.29, 0.717) is 21.2 Å². The number of hydrogen-bond acceptors (Lipinski definition) is 4. The first kappa shape index (κ1) is 19.2. The number of rotatable bonds is 3. The van der Waals surface area contributed by atoms with Gasteiger partial charge in [-0.15, -0.1) is 0 Å². The van der Waals surface area contributed by atoms with Crippen molar-refractivity contribution in [1.29, 1.82) is 0 Å². The molecule has 0 spiro atoms. The molecule has 1 aliphatic rings. The van der Waals surface area contributed by atoms with Crippen molar-refractivity contribution in [2.24, 2.45) is 0 Å². The number of Topliss-reactive ketones (excluding diaryl/α,β-unsaturated/α-hetero) is 1. The van der Waals surface area contributed by atoms with Crippen LogP contribution in [0.1, 0.15) is 26.3 Å². The highest BCUT2D eigenvalue weighted by Crippen LogP contribution is 2.35. The molecule has 0 unspecified atom stereocenters. The van der Waals surface area contributed by atoms with E-state index in [4.69, 9.17) is 32.7 Å². The summed E-state index contributed by atoms with van der Waals surface area (Å²) in [6, 6.07) is 14.4. The molecule has 1 heterocycles. The minimum atomic E-state index is -0.652. The first-order chi connectivity index (χ1) is 13.9. The van der Waals surface area contributed by atoms with E-state index in [1.807, 2.05) is 0 Å². The fourth-order valence-electron chi connectivity index (χ4n) is 2.74. The van der Waals surface area contributed by atoms with E-state index < -0.39 is 11.8 Å². The highest BCUT2D eigenvalue weighted by Gasteiger charge is 2.28. The molecule has 3 aromatic carbocycles. The number of fused-ring (bicyclic) bond motifs is 1. The lowest BCUT2D eigenvalue weighted by atomic mass is 10.1. The van der Waals surface area contributed by atoms with Crippen LogP contribution in [0.4, 0.5) is 4.39 Å². The Hall–Kier alpha value is -3.15. The second kappa shape index (κ2) is 7.70. The maximum atomic E-state index is 13.0. The van der Waals surface area contributed by atoms with Crippen LogP contribution in [-0.4, -0.2) is 11.8 Å². The summed E-state index contributed by atoms with van der Waals surface area (Å²) in [5.74, 6) is -0.830. The number of benzene rings is 3. The van der Waals surface area contributed by atoms with Crippen LogP contribution < -0.4 is 9.47 Å². The van der Waals surface area contributed by atoms with Crippen molar-refractivity contribution < 1.29 is 23.5 Å². The SMILES string of the molecule is O=C(Oc1ccc2c(c1)OC(=Cc1ccc(Cl)c(Cl)c1)C2=O)c1ccc(F)cc1. The number of halogens is 3. The quantitative estimate of drug-likeness (QED) is 0.293. The number of carbonyl (C=O) groups excluding carboxylic acids is 2. The highest BCUT2D eigenvalue weighted by molar-refractivity contribution is 6.42. The predicted molar refractivity (Wildman–Crippen MR) is 107 cm³/mol. The Morgan fingerprint density at radius 3 is 2.45 bits per heavy atom. The zero-order chi connectivity index (χ0) is 20.5. The number of ether oxygens (including phenoxy) is 2. The Morgan fingerprint density at radius 2 is 1.72 bits per heavy atom. The molecule has 3 aromatic rings. The molecule has 0 radical (unpaired) electrons. The van der Waals surface area contributed by atoms with E-state index in [9.17, 15) is 14.0 Å². The van der Waals surface area contributed by atoms with Crippen molar-refractivity contribution in [2.45, 2.75) is 0 Å². The Kier molecular flexibility index (Phi) is 5.09. The molecular formula is C22H11Cl2FO4. The number of esters is 1. The lowest BCUT2D eigenvalue weighted by molar-refractivity contribution is 0.0734. The summed E-state index contributed by atoms with van der Waals surface area (Å²) in [6.07, 6.45) is 1.55. The van der Waals surface area contributed by atoms with Gasteiger partial charge in [-0.05, 0) is 60.2 Å². The number of ketones is 1. The van der Waals surface area contributed by atoms with Gasteiger partial charge in [0.25, 0.3) is 0 Å². The molecule has 4 rings (SSSR count). The van der Waals surface area contributed by atoms with Crippen molar-refractivity contribution in [3.63, 3.8) is 0 Å². The Labute approximate surface area is 175 Å². The lowest BCUT2D eigenvalue weighted by Crippen LogP contribution is -2.08. The van der Waals surface area contributed by atoms with Crippen LogP contribution in [0.2, 0.25) is 10.0 Å². The van der Waals surface area contributed by atoms with E-state index in [0.717, 1.165) is 0 Å². The average molecular weight is 429 g/mol. The molecule has 0 aliphatic carbocycles. The van der Waals surface area contributed by atoms with Crippen molar-refractivity contribution in [1.82, 2.24) is 0 Å². The average Bonchev–Trinajstić information content (AvgIpc) is 3.00. The van der Waals surface area contributed by atoms with Gasteiger partial charge >= 0.3 is 5.97 Å². The summed E-state index contributed by atoms with van der Waals surface area (Å²) in [6.45, 7) is 0. The van der Waals surface area contributed by atoms with E-state index in [1.54, 1.807) is 24.3 Å². The third-order valence-corrected chi connectivity index (χ3v) is 4.91. The topological polar surface area (TPSA) is 52.6 Å². The van der Waals surface area contributed by atoms with Crippen LogP contribution in [0.3, 0.4) is 0 Å². The third-order valence-electron chi connectivity index (χ3n) is 4.17. The summed E-state index contributed by atoms with van der Waals surface area (Å²) in [7, 11) is 0. The van der Waals surface area contributed by atoms with Gasteiger partial charge in [0.05, 0.1) is 21.2 Å². The number of carbonyl (C=O) groups is 2. The molecular weight excluding hydrogens is 418 g/mol. The second-order valence-corrected chi connectivity index (χ2v) is 6.98. The summed E-state index contributed by atoms with van der Waals surface area (Å²) >= 11 is 11.9. The molecule has 0 N–H and O–H groups in total. The zero-order valence-electron chi connectivity index (χ0n) is 14.6. The molecule has 29 heavy (non-hydrogen) atoms. The van der Waals surface area contributed by atoms with Gasteiger partial charge in [-0.25, -0.2) is 9.18 Å². The van der Waals surface area contributed by atoms with Gasteiger partial charge in [-0.3, -0.25) is 4.79 Å². The predicted octanol–water partition coefficient (Wildman–Crippen LogP) is 5.97. The van der Waals surface area contributed by atoms with Crippen LogP contribution in [0.5, 0.6) is 11.5 Å². The molecule has 0 saturated carbocycles. The molecule has 0 bridgehead atoms. The number of hydrogen-bond donors (Lipinski definition) is 0. The van der Waals surface area contributed by atoms with Crippen LogP contribution in [0.25, 0.3) is 6.08 Å². The van der Waals surface area contributed by atoms with Crippen LogP contribution in [0.15, 0.2) is 66.4 Å². The summed E-state index contributed by atoms with van der Waals surface area (Å²) < 4.78 is 23.9. The van der Waals surface area contributed by atoms with E-state index >= 15 is 0 Å². The highest BCUT2D eigenvalue weighted by atomic mass is 35.5. The fraction of sp³-hybridized carbons (Fsp3) is 0. The van der Waals surface area contributed by atoms with Crippen molar-refractivity contribution in [3.05, 3.63) is 99.0 Å². The van der Waals surface area contributed by atoms with Gasteiger partial charge < -0.3 is 9.47 Å². The molecule has 1 aliphatic heterocycles. The molecule has 7 heteroatoms. The molecule has 4 nitrogen and oxygen atoms in total. The van der Waals surface area contributed by atoms with Gasteiger partial charge in [0.1, 0.15) is 17.3 Å². The zero-order valence-corrected chi connectivity index (χ0v) is 16.1. The molecule has 144 valence electrons. The first-order valence-corrected chi connectivity index (χ1v) is 9.17. The third kappa shape index (κ3) is 4.01. The Morgan fingerprint density at radius 1 is 0.966 bits per heavy atom.